The zero-order chi connectivity index (χ0) is 15.1. The fourth-order valence-corrected chi connectivity index (χ4v) is 3.45. The molecule has 0 aliphatic carbocycles. The average Bonchev–Trinajstić information content (AvgIpc) is 2.54. The molecule has 2 rings (SSSR count). The Morgan fingerprint density at radius 2 is 1.24 bits per heavy atom. The number of hydrogen-bond donors (Lipinski definition) is 2. The Bertz CT molecular complexity index is 527. The average molecular weight is 413 g/mol. The Balaban J connectivity index is 2.05. The molecule has 0 bridgehead atoms. The van der Waals surface area contributed by atoms with Crippen molar-refractivity contribution in [3.63, 3.8) is 0 Å². The fourth-order valence-electron chi connectivity index (χ4n) is 2.22. The lowest BCUT2D eigenvalue weighted by Crippen LogP contribution is -2.14. The first-order valence-corrected chi connectivity index (χ1v) is 10.2. The van der Waals surface area contributed by atoms with E-state index >= 15 is 0 Å². The minimum atomic E-state index is 0.587. The fraction of sp³-hybridized carbons (Fsp3) is 0.250. The first kappa shape index (κ1) is 16.8. The quantitative estimate of drug-likeness (QED) is 0.538. The number of halogens is 1. The van der Waals surface area contributed by atoms with Crippen molar-refractivity contribution in [2.75, 3.05) is 0 Å². The molecule has 0 radical (unpaired) electrons. The van der Waals surface area contributed by atoms with Crippen LogP contribution in [0.15, 0.2) is 48.5 Å². The van der Waals surface area contributed by atoms with E-state index < -0.39 is 0 Å². The predicted molar refractivity (Wildman–Crippen MR) is 99.5 cm³/mol. The molecule has 112 valence electrons. The van der Waals surface area contributed by atoms with Crippen molar-refractivity contribution in [2.45, 2.75) is 26.2 Å². The molecule has 0 spiro atoms. The first-order valence-electron chi connectivity index (χ1n) is 6.84. The van der Waals surface area contributed by atoms with Crippen molar-refractivity contribution < 1.29 is 0 Å². The van der Waals surface area contributed by atoms with E-state index in [9.17, 15) is 0 Å². The molecule has 0 amide bonds. The van der Waals surface area contributed by atoms with Gasteiger partial charge >= 0.3 is 0 Å². The summed E-state index contributed by atoms with van der Waals surface area (Å²) in [5.74, 6) is 0. The smallest absolute Gasteiger partial charge is 0.0351 e. The van der Waals surface area contributed by atoms with Crippen molar-refractivity contribution in [3.05, 3.63) is 70.8 Å². The Labute approximate surface area is 142 Å². The van der Waals surface area contributed by atoms with Crippen LogP contribution in [0.2, 0.25) is 0 Å². The first-order chi connectivity index (χ1) is 10.2. The van der Waals surface area contributed by atoms with Gasteiger partial charge in [-0.3, -0.25) is 0 Å². The van der Waals surface area contributed by atoms with Gasteiger partial charge in [0.2, 0.25) is 0 Å². The molecule has 5 heteroatoms. The van der Waals surface area contributed by atoms with Gasteiger partial charge in [-0.1, -0.05) is 48.5 Å². The molecule has 0 heterocycles. The van der Waals surface area contributed by atoms with E-state index in [1.165, 1.54) is 22.3 Å². The van der Waals surface area contributed by atoms with Crippen LogP contribution in [-0.4, -0.2) is 4.31 Å². The summed E-state index contributed by atoms with van der Waals surface area (Å²) >= 11 is 2.33. The van der Waals surface area contributed by atoms with E-state index in [4.69, 9.17) is 11.5 Å². The van der Waals surface area contributed by atoms with Crippen molar-refractivity contribution in [1.82, 2.24) is 4.31 Å². The number of rotatable bonds is 7. The summed E-state index contributed by atoms with van der Waals surface area (Å²) in [4.78, 5) is 0. The van der Waals surface area contributed by atoms with Gasteiger partial charge in [-0.25, -0.2) is 4.31 Å². The van der Waals surface area contributed by atoms with Gasteiger partial charge in [-0.15, -0.1) is 0 Å². The van der Waals surface area contributed by atoms with Crippen molar-refractivity contribution >= 4 is 30.3 Å². The van der Waals surface area contributed by atoms with Crippen LogP contribution < -0.4 is 11.5 Å². The molecule has 4 N–H and O–H groups in total. The van der Waals surface area contributed by atoms with Gasteiger partial charge < -0.3 is 11.5 Å². The molecule has 0 unspecified atom stereocenters. The summed E-state index contributed by atoms with van der Waals surface area (Å²) in [7, 11) is 1.73. The van der Waals surface area contributed by atoms with Gasteiger partial charge in [0.05, 0.1) is 0 Å². The van der Waals surface area contributed by atoms with Gasteiger partial charge in [-0.2, -0.15) is 0 Å². The van der Waals surface area contributed by atoms with Gasteiger partial charge in [0, 0.05) is 47.4 Å². The Morgan fingerprint density at radius 1 is 0.810 bits per heavy atom. The van der Waals surface area contributed by atoms with Crippen LogP contribution in [-0.2, 0) is 26.2 Å². The lowest BCUT2D eigenvalue weighted by molar-refractivity contribution is 0.467. The normalized spacial score (nSPS) is 11.0. The molecule has 2 aromatic carbocycles. The van der Waals surface area contributed by atoms with Crippen LogP contribution in [0.25, 0.3) is 0 Å². The largest absolute Gasteiger partial charge is 0.326 e. The zero-order valence-electron chi connectivity index (χ0n) is 11.8. The molecule has 0 aromatic heterocycles. The minimum Gasteiger partial charge on any atom is -0.326 e. The van der Waals surface area contributed by atoms with Crippen molar-refractivity contribution in [1.29, 1.82) is 0 Å². The zero-order valence-corrected chi connectivity index (χ0v) is 14.8. The van der Waals surface area contributed by atoms with Crippen LogP contribution in [0.4, 0.5) is 0 Å². The monoisotopic (exact) mass is 413 g/mol. The van der Waals surface area contributed by atoms with E-state index in [2.05, 4.69) is 74.0 Å². The molecule has 21 heavy (non-hydrogen) atoms. The molecule has 3 nitrogen and oxygen atoms in total. The lowest BCUT2D eigenvalue weighted by atomic mass is 10.1. The summed E-state index contributed by atoms with van der Waals surface area (Å²) in [5, 5.41) is 0. The Kier molecular flexibility index (Phi) is 6.98. The van der Waals surface area contributed by atoms with Crippen LogP contribution in [0.3, 0.4) is 0 Å². The second kappa shape index (κ2) is 8.75. The molecular weight excluding hydrogens is 393 g/mol. The van der Waals surface area contributed by atoms with Gasteiger partial charge in [0.1, 0.15) is 0 Å². The standard InChI is InChI=1S/C16H20IN3S/c17-21-20(11-15-5-1-3-13(7-15)9-18)12-16-6-2-4-14(8-16)10-19/h1-8H,9-12,18-19H2. The van der Waals surface area contributed by atoms with Gasteiger partial charge in [-0.05, 0) is 31.4 Å². The Hall–Kier alpha value is -0.600. The third kappa shape index (κ3) is 5.27. The van der Waals surface area contributed by atoms with E-state index in [1.807, 2.05) is 0 Å². The molecule has 2 aromatic rings. The molecular formula is C16H20IN3S. The third-order valence-electron chi connectivity index (χ3n) is 3.27. The number of hydrogen-bond acceptors (Lipinski definition) is 4. The third-order valence-corrected chi connectivity index (χ3v) is 5.39. The van der Waals surface area contributed by atoms with Gasteiger partial charge in [0.15, 0.2) is 0 Å². The number of nitrogens with zero attached hydrogens (tertiary/aromatic N) is 1. The van der Waals surface area contributed by atoms with Gasteiger partial charge in [0.25, 0.3) is 0 Å². The second-order valence-electron chi connectivity index (χ2n) is 4.92. The molecule has 0 saturated carbocycles. The Morgan fingerprint density at radius 3 is 1.62 bits per heavy atom. The van der Waals surface area contributed by atoms with Crippen molar-refractivity contribution in [3.8, 4) is 0 Å². The maximum atomic E-state index is 5.71. The molecule has 0 aliphatic rings. The molecule has 0 atom stereocenters. The molecule has 0 saturated heterocycles. The van der Waals surface area contributed by atoms with Crippen LogP contribution in [0, 0.1) is 0 Å². The SMILES string of the molecule is NCc1cccc(CN(Cc2cccc(CN)c2)SI)c1. The van der Waals surface area contributed by atoms with Crippen molar-refractivity contribution in [2.24, 2.45) is 11.5 Å². The van der Waals surface area contributed by atoms with Crippen LogP contribution in [0.5, 0.6) is 0 Å². The summed E-state index contributed by atoms with van der Waals surface area (Å²) in [5.41, 5.74) is 16.3. The number of benzene rings is 2. The highest BCUT2D eigenvalue weighted by Crippen LogP contribution is 2.24. The highest BCUT2D eigenvalue weighted by molar-refractivity contribution is 14.2. The second-order valence-corrected chi connectivity index (χ2v) is 6.75. The maximum absolute atomic E-state index is 5.71. The van der Waals surface area contributed by atoms with E-state index in [0.29, 0.717) is 13.1 Å². The highest BCUT2D eigenvalue weighted by Gasteiger charge is 2.07. The molecule has 0 aliphatic heterocycles. The van der Waals surface area contributed by atoms with E-state index in [1.54, 1.807) is 9.12 Å². The van der Waals surface area contributed by atoms with E-state index in [-0.39, 0.29) is 0 Å². The predicted octanol–water partition coefficient (Wildman–Crippen LogP) is 3.60. The number of nitrogens with two attached hydrogens (primary N) is 2. The summed E-state index contributed by atoms with van der Waals surface area (Å²) < 4.78 is 2.33. The maximum Gasteiger partial charge on any atom is 0.0351 e. The lowest BCUT2D eigenvalue weighted by Gasteiger charge is -2.19. The topological polar surface area (TPSA) is 55.3 Å². The van der Waals surface area contributed by atoms with Crippen LogP contribution >= 0.6 is 30.3 Å². The highest BCUT2D eigenvalue weighted by atomic mass is 127. The summed E-state index contributed by atoms with van der Waals surface area (Å²) in [6.45, 7) is 2.97. The van der Waals surface area contributed by atoms with Crippen LogP contribution in [0.1, 0.15) is 22.3 Å². The minimum absolute atomic E-state index is 0.587. The summed E-state index contributed by atoms with van der Waals surface area (Å²) in [6, 6.07) is 16.9. The van der Waals surface area contributed by atoms with E-state index in [0.717, 1.165) is 13.1 Å². The summed E-state index contributed by atoms with van der Waals surface area (Å²) in [6.07, 6.45) is 0. The molecule has 0 fully saturated rings.